The highest BCUT2D eigenvalue weighted by atomic mass is 35.5. The van der Waals surface area contributed by atoms with E-state index in [0.29, 0.717) is 52.9 Å². The zero-order valence-corrected chi connectivity index (χ0v) is 27.9. The van der Waals surface area contributed by atoms with Gasteiger partial charge in [-0.2, -0.15) is 0 Å². The Kier molecular flexibility index (Phi) is 9.71. The number of piperazine rings is 1. The fourth-order valence-electron chi connectivity index (χ4n) is 7.62. The van der Waals surface area contributed by atoms with Crippen LogP contribution >= 0.6 is 23.2 Å². The summed E-state index contributed by atoms with van der Waals surface area (Å²) in [6, 6.07) is 19.7. The molecule has 0 aromatic heterocycles. The van der Waals surface area contributed by atoms with Crippen molar-refractivity contribution in [2.24, 2.45) is 5.73 Å². The van der Waals surface area contributed by atoms with Crippen molar-refractivity contribution < 1.29 is 14.4 Å². The minimum Gasteiger partial charge on any atom is -0.366 e. The quantitative estimate of drug-likeness (QED) is 0.331. The molecule has 3 heterocycles. The average Bonchev–Trinajstić information content (AvgIpc) is 3.25. The summed E-state index contributed by atoms with van der Waals surface area (Å²) in [5.74, 6) is -0.438. The molecule has 1 unspecified atom stereocenters. The second kappa shape index (κ2) is 13.7. The van der Waals surface area contributed by atoms with Crippen LogP contribution < -0.4 is 11.1 Å². The maximum Gasteiger partial charge on any atom is 0.254 e. The molecule has 242 valence electrons. The van der Waals surface area contributed by atoms with Crippen LogP contribution in [0.1, 0.15) is 74.7 Å². The lowest BCUT2D eigenvalue weighted by atomic mass is 9.96. The molecule has 4 atom stereocenters. The summed E-state index contributed by atoms with van der Waals surface area (Å²) in [7, 11) is 0. The minimum atomic E-state index is -0.409. The predicted octanol–water partition coefficient (Wildman–Crippen LogP) is 5.52. The first-order valence-corrected chi connectivity index (χ1v) is 16.8. The molecule has 3 N–H and O–H groups in total. The molecule has 3 amide bonds. The lowest BCUT2D eigenvalue weighted by molar-refractivity contribution is -0.135. The summed E-state index contributed by atoms with van der Waals surface area (Å²) >= 11 is 12.7. The third kappa shape index (κ3) is 7.10. The van der Waals surface area contributed by atoms with Crippen LogP contribution in [0.2, 0.25) is 10.0 Å². The number of nitrogens with one attached hydrogen (secondary N) is 1. The van der Waals surface area contributed by atoms with Gasteiger partial charge in [0.1, 0.15) is 0 Å². The fraction of sp³-hybridized carbons (Fsp3) is 0.417. The molecule has 3 aliphatic rings. The number of rotatable bonds is 8. The van der Waals surface area contributed by atoms with Crippen molar-refractivity contribution >= 4 is 40.9 Å². The number of piperidine rings is 1. The van der Waals surface area contributed by atoms with Crippen LogP contribution in [0.25, 0.3) is 0 Å². The van der Waals surface area contributed by atoms with Gasteiger partial charge < -0.3 is 20.9 Å². The number of hydrogen-bond donors (Lipinski definition) is 2. The fourth-order valence-corrected chi connectivity index (χ4v) is 7.92. The molecule has 0 aliphatic carbocycles. The Bertz CT molecular complexity index is 1610. The molecule has 0 saturated carbocycles. The van der Waals surface area contributed by atoms with E-state index in [0.717, 1.165) is 54.5 Å². The molecule has 6 rings (SSSR count). The van der Waals surface area contributed by atoms with E-state index in [9.17, 15) is 14.4 Å². The van der Waals surface area contributed by atoms with Gasteiger partial charge in [0.2, 0.25) is 11.8 Å². The van der Waals surface area contributed by atoms with E-state index in [4.69, 9.17) is 28.9 Å². The summed E-state index contributed by atoms with van der Waals surface area (Å²) in [4.78, 5) is 45.4. The van der Waals surface area contributed by atoms with Gasteiger partial charge in [0.15, 0.2) is 0 Å². The zero-order chi connectivity index (χ0) is 32.5. The summed E-state index contributed by atoms with van der Waals surface area (Å²) in [6.45, 7) is 6.25. The highest BCUT2D eigenvalue weighted by Crippen LogP contribution is 2.37. The van der Waals surface area contributed by atoms with Crippen LogP contribution in [0.5, 0.6) is 0 Å². The average molecular weight is 663 g/mol. The summed E-state index contributed by atoms with van der Waals surface area (Å²) in [5.41, 5.74) is 10.7. The Labute approximate surface area is 280 Å². The third-order valence-electron chi connectivity index (χ3n) is 9.79. The monoisotopic (exact) mass is 661 g/mol. The molecule has 8 nitrogen and oxygen atoms in total. The summed E-state index contributed by atoms with van der Waals surface area (Å²) in [5, 5.41) is 4.46. The molecule has 0 spiro atoms. The molecule has 3 saturated heterocycles. The number of carbonyl (C=O) groups excluding carboxylic acids is 3. The van der Waals surface area contributed by atoms with Crippen molar-refractivity contribution in [2.75, 3.05) is 26.2 Å². The summed E-state index contributed by atoms with van der Waals surface area (Å²) < 4.78 is 0. The van der Waals surface area contributed by atoms with E-state index in [2.05, 4.69) is 22.3 Å². The molecular weight excluding hydrogens is 621 g/mol. The van der Waals surface area contributed by atoms with Gasteiger partial charge in [-0.3, -0.25) is 19.3 Å². The van der Waals surface area contributed by atoms with Crippen molar-refractivity contribution in [3.63, 3.8) is 0 Å². The van der Waals surface area contributed by atoms with Crippen LogP contribution in [0, 0.1) is 13.8 Å². The van der Waals surface area contributed by atoms with Crippen molar-refractivity contribution in [2.45, 2.75) is 70.2 Å². The Balaban J connectivity index is 1.11. The van der Waals surface area contributed by atoms with Crippen LogP contribution in [-0.4, -0.2) is 76.7 Å². The molecule has 0 radical (unpaired) electrons. The Morgan fingerprint density at radius 1 is 0.870 bits per heavy atom. The first-order valence-electron chi connectivity index (χ1n) is 16.1. The third-order valence-corrected chi connectivity index (χ3v) is 10.5. The first-order chi connectivity index (χ1) is 22.0. The number of primary amides is 1. The first kappa shape index (κ1) is 32.5. The van der Waals surface area contributed by atoms with Gasteiger partial charge in [0, 0.05) is 55.4 Å². The Morgan fingerprint density at radius 3 is 2.26 bits per heavy atom. The van der Waals surface area contributed by atoms with Crippen LogP contribution in [0.3, 0.4) is 0 Å². The second-order valence-corrected chi connectivity index (χ2v) is 13.9. The van der Waals surface area contributed by atoms with Gasteiger partial charge in [-0.1, -0.05) is 58.6 Å². The Hall–Kier alpha value is -3.43. The van der Waals surface area contributed by atoms with E-state index >= 15 is 0 Å². The highest BCUT2D eigenvalue weighted by molar-refractivity contribution is 6.42. The maximum absolute atomic E-state index is 13.8. The SMILES string of the molecule is Cc1cc(C)cc(C(=O)N2CCN(C(=O)CNC3C[C@H]4CC[C@@H](C3)N4Cc3cccc(C(N)=O)c3)[C@H](c3ccc(Cl)c(Cl)c3)C2)c1. The number of nitrogens with two attached hydrogens (primary N) is 1. The van der Waals surface area contributed by atoms with Crippen LogP contribution in [0.15, 0.2) is 60.7 Å². The number of fused-ring (bicyclic) bond motifs is 2. The van der Waals surface area contributed by atoms with Gasteiger partial charge in [-0.05, 0) is 87.1 Å². The van der Waals surface area contributed by atoms with Gasteiger partial charge in [-0.25, -0.2) is 0 Å². The topological polar surface area (TPSA) is 99.0 Å². The number of benzene rings is 3. The van der Waals surface area contributed by atoms with E-state index < -0.39 is 5.91 Å². The number of aryl methyl sites for hydroxylation is 2. The van der Waals surface area contributed by atoms with Crippen molar-refractivity contribution in [3.8, 4) is 0 Å². The largest absolute Gasteiger partial charge is 0.366 e. The van der Waals surface area contributed by atoms with E-state index in [1.165, 1.54) is 0 Å². The number of carbonyl (C=O) groups is 3. The minimum absolute atomic E-state index is 0.00705. The molecule has 3 aromatic carbocycles. The van der Waals surface area contributed by atoms with Gasteiger partial charge in [-0.15, -0.1) is 0 Å². The molecule has 2 bridgehead atoms. The number of hydrogen-bond acceptors (Lipinski definition) is 5. The van der Waals surface area contributed by atoms with E-state index in [1.807, 2.05) is 54.0 Å². The number of nitrogens with zero attached hydrogens (tertiary/aromatic N) is 3. The van der Waals surface area contributed by atoms with Crippen molar-refractivity contribution in [3.05, 3.63) is 104 Å². The second-order valence-electron chi connectivity index (χ2n) is 13.1. The summed E-state index contributed by atoms with van der Waals surface area (Å²) in [6.07, 6.45) is 4.19. The lowest BCUT2D eigenvalue weighted by Gasteiger charge is -2.43. The van der Waals surface area contributed by atoms with Crippen LogP contribution in [0.4, 0.5) is 0 Å². The smallest absolute Gasteiger partial charge is 0.254 e. The van der Waals surface area contributed by atoms with Gasteiger partial charge in [0.25, 0.3) is 5.91 Å². The molecule has 3 fully saturated rings. The zero-order valence-electron chi connectivity index (χ0n) is 26.3. The van der Waals surface area contributed by atoms with Crippen LogP contribution in [-0.2, 0) is 11.3 Å². The number of halogens is 2. The maximum atomic E-state index is 13.8. The van der Waals surface area contributed by atoms with E-state index in [1.54, 1.807) is 18.2 Å². The molecule has 10 heteroatoms. The molecule has 3 aromatic rings. The molecular formula is C36H41Cl2N5O3. The molecule has 46 heavy (non-hydrogen) atoms. The standard InChI is InChI=1S/C36H41Cl2N5O3/c1-22-12-23(2)14-27(13-22)36(46)41-10-11-42(33(21-41)25-6-9-31(37)32(38)16-25)34(44)19-40-28-17-29-7-8-30(18-28)43(29)20-24-4-3-5-26(15-24)35(39)45/h3-6,9,12-16,28-30,33,40H,7-8,10-11,17-21H2,1-2H3,(H2,39,45)/t28?,29-,30+,33-/m0/s1. The highest BCUT2D eigenvalue weighted by Gasteiger charge is 2.41. The normalized spacial score (nSPS) is 23.0. The predicted molar refractivity (Wildman–Crippen MR) is 181 cm³/mol. The lowest BCUT2D eigenvalue weighted by Crippen LogP contribution is -2.55. The van der Waals surface area contributed by atoms with Gasteiger partial charge >= 0.3 is 0 Å². The van der Waals surface area contributed by atoms with Crippen molar-refractivity contribution in [1.82, 2.24) is 20.0 Å². The van der Waals surface area contributed by atoms with Crippen molar-refractivity contribution in [1.29, 1.82) is 0 Å². The van der Waals surface area contributed by atoms with E-state index in [-0.39, 0.29) is 30.4 Å². The Morgan fingerprint density at radius 2 is 1.59 bits per heavy atom. The van der Waals surface area contributed by atoms with Gasteiger partial charge in [0.05, 0.1) is 22.6 Å². The molecule has 3 aliphatic heterocycles. The number of amides is 3.